The molecule has 0 amide bonds. The van der Waals surface area contributed by atoms with Crippen molar-refractivity contribution in [3.63, 3.8) is 0 Å². The first kappa shape index (κ1) is 13.7. The maximum atomic E-state index is 9.76. The quantitative estimate of drug-likeness (QED) is 0.514. The predicted octanol–water partition coefficient (Wildman–Crippen LogP) is 1.46. The number of hydrogen-bond acceptors (Lipinski definition) is 2. The molecule has 4 nitrogen and oxygen atoms in total. The summed E-state index contributed by atoms with van der Waals surface area (Å²) in [6.07, 6.45) is 3.75. The van der Waals surface area contributed by atoms with E-state index in [9.17, 15) is 9.59 Å². The van der Waals surface area contributed by atoms with Crippen LogP contribution in [0.2, 0.25) is 0 Å². The fraction of sp³-hybridized carbons (Fsp3) is 0.111. The maximum Gasteiger partial charge on any atom is 0.335 e. The molecule has 0 aliphatic heterocycles. The Labute approximate surface area is 76.5 Å². The lowest BCUT2D eigenvalue weighted by atomic mass is 10.3. The first-order chi connectivity index (χ1) is 5.95. The molecule has 0 saturated carbocycles. The minimum atomic E-state index is -1.02. The van der Waals surface area contributed by atoms with Crippen molar-refractivity contribution in [3.05, 3.63) is 37.0 Å². The van der Waals surface area contributed by atoms with Crippen LogP contribution in [-0.2, 0) is 9.59 Å². The summed E-state index contributed by atoms with van der Waals surface area (Å²) in [5, 5.41) is 15.8. The highest BCUT2D eigenvalue weighted by molar-refractivity contribution is 5.88. The van der Waals surface area contributed by atoms with Gasteiger partial charge in [-0.1, -0.05) is 25.3 Å². The number of allylic oxidation sites excluding steroid dienone is 1. The molecule has 0 spiro atoms. The van der Waals surface area contributed by atoms with Crippen LogP contribution in [0.3, 0.4) is 0 Å². The van der Waals surface area contributed by atoms with Gasteiger partial charge in [0.05, 0.1) is 5.57 Å². The van der Waals surface area contributed by atoms with Crippen LogP contribution in [0.5, 0.6) is 0 Å². The Morgan fingerprint density at radius 2 is 1.77 bits per heavy atom. The first-order valence-electron chi connectivity index (χ1n) is 3.36. The largest absolute Gasteiger partial charge is 0.478 e. The zero-order chi connectivity index (χ0) is 10.9. The van der Waals surface area contributed by atoms with Gasteiger partial charge in [0.25, 0.3) is 0 Å². The fourth-order valence-electron chi connectivity index (χ4n) is 0.230. The average molecular weight is 184 g/mol. The summed E-state index contributed by atoms with van der Waals surface area (Å²) in [4.78, 5) is 19.3. The molecule has 0 bridgehead atoms. The van der Waals surface area contributed by atoms with E-state index < -0.39 is 11.9 Å². The summed E-state index contributed by atoms with van der Waals surface area (Å²) >= 11 is 0. The molecule has 0 heterocycles. The first-order valence-corrected chi connectivity index (χ1v) is 3.36. The van der Waals surface area contributed by atoms with Crippen molar-refractivity contribution in [2.24, 2.45) is 0 Å². The van der Waals surface area contributed by atoms with Crippen LogP contribution in [-0.4, -0.2) is 22.2 Å². The number of rotatable bonds is 3. The molecule has 0 unspecified atom stereocenters. The van der Waals surface area contributed by atoms with Gasteiger partial charge < -0.3 is 10.2 Å². The SMILES string of the molecule is C=CC(=C)C(=O)O.CC=CC(=O)O. The third-order valence-electron chi connectivity index (χ3n) is 0.830. The number of carboxylic acids is 2. The second-order valence-corrected chi connectivity index (χ2v) is 1.87. The van der Waals surface area contributed by atoms with Crippen LogP contribution in [0.1, 0.15) is 6.92 Å². The van der Waals surface area contributed by atoms with Gasteiger partial charge in [0.1, 0.15) is 0 Å². The van der Waals surface area contributed by atoms with Gasteiger partial charge in [-0.15, -0.1) is 0 Å². The number of carbonyl (C=O) groups is 2. The lowest BCUT2D eigenvalue weighted by molar-refractivity contribution is -0.132. The third-order valence-corrected chi connectivity index (χ3v) is 0.830. The molecule has 4 heteroatoms. The second-order valence-electron chi connectivity index (χ2n) is 1.87. The van der Waals surface area contributed by atoms with Gasteiger partial charge in [0.15, 0.2) is 0 Å². The Hall–Kier alpha value is -1.84. The summed E-state index contributed by atoms with van der Waals surface area (Å²) in [6, 6.07) is 0. The molecule has 0 aromatic rings. The van der Waals surface area contributed by atoms with E-state index in [-0.39, 0.29) is 5.57 Å². The molecule has 0 rings (SSSR count). The molecule has 0 fully saturated rings. The van der Waals surface area contributed by atoms with Crippen LogP contribution >= 0.6 is 0 Å². The van der Waals surface area contributed by atoms with Crippen LogP contribution in [0, 0.1) is 0 Å². The van der Waals surface area contributed by atoms with Crippen molar-refractivity contribution >= 4 is 11.9 Å². The smallest absolute Gasteiger partial charge is 0.335 e. The van der Waals surface area contributed by atoms with Crippen LogP contribution in [0.4, 0.5) is 0 Å². The molecule has 0 aromatic carbocycles. The normalized spacial score (nSPS) is 8.38. The van der Waals surface area contributed by atoms with E-state index in [4.69, 9.17) is 10.2 Å². The van der Waals surface area contributed by atoms with Gasteiger partial charge in [0.2, 0.25) is 0 Å². The maximum absolute atomic E-state index is 9.76. The molecule has 0 aliphatic carbocycles. The van der Waals surface area contributed by atoms with E-state index >= 15 is 0 Å². The Kier molecular flexibility index (Phi) is 8.72. The molecule has 72 valence electrons. The lowest BCUT2D eigenvalue weighted by Crippen LogP contribution is -1.93. The Morgan fingerprint density at radius 1 is 1.31 bits per heavy atom. The highest BCUT2D eigenvalue weighted by Gasteiger charge is 1.93. The van der Waals surface area contributed by atoms with Crippen LogP contribution < -0.4 is 0 Å². The van der Waals surface area contributed by atoms with Crippen molar-refractivity contribution in [1.82, 2.24) is 0 Å². The second kappa shape index (κ2) is 8.26. The zero-order valence-electron chi connectivity index (χ0n) is 7.36. The molecule has 0 atom stereocenters. The topological polar surface area (TPSA) is 74.6 Å². The van der Waals surface area contributed by atoms with Gasteiger partial charge in [0, 0.05) is 6.08 Å². The molecule has 0 aromatic heterocycles. The molecule has 0 saturated heterocycles. The van der Waals surface area contributed by atoms with Gasteiger partial charge in [-0.25, -0.2) is 9.59 Å². The van der Waals surface area contributed by atoms with E-state index in [1.165, 1.54) is 12.2 Å². The predicted molar refractivity (Wildman–Crippen MR) is 49.4 cm³/mol. The number of aliphatic carboxylic acids is 2. The summed E-state index contributed by atoms with van der Waals surface area (Å²) in [5.74, 6) is -1.91. The van der Waals surface area contributed by atoms with Gasteiger partial charge in [-0.05, 0) is 6.92 Å². The third kappa shape index (κ3) is 13.2. The van der Waals surface area contributed by atoms with Crippen LogP contribution in [0.25, 0.3) is 0 Å². The summed E-state index contributed by atoms with van der Waals surface area (Å²) in [6.45, 7) is 8.02. The van der Waals surface area contributed by atoms with Gasteiger partial charge in [-0.2, -0.15) is 0 Å². The Balaban J connectivity index is 0. The standard InChI is InChI=1S/C5H6O2.C4H6O2/c1-3-4(2)5(6)7;1-2-3-4(5)6/h3H,1-2H2,(H,6,7);2-3H,1H3,(H,5,6). The Morgan fingerprint density at radius 3 is 1.77 bits per heavy atom. The minimum Gasteiger partial charge on any atom is -0.478 e. The lowest BCUT2D eigenvalue weighted by Gasteiger charge is -1.82. The monoisotopic (exact) mass is 184 g/mol. The van der Waals surface area contributed by atoms with Crippen molar-refractivity contribution in [3.8, 4) is 0 Å². The molecule has 2 N–H and O–H groups in total. The van der Waals surface area contributed by atoms with E-state index in [1.807, 2.05) is 0 Å². The Bertz CT molecular complexity index is 238. The van der Waals surface area contributed by atoms with Crippen molar-refractivity contribution in [1.29, 1.82) is 0 Å². The summed E-state index contributed by atoms with van der Waals surface area (Å²) in [7, 11) is 0. The van der Waals surface area contributed by atoms with Crippen molar-refractivity contribution < 1.29 is 19.8 Å². The fourth-order valence-corrected chi connectivity index (χ4v) is 0.230. The van der Waals surface area contributed by atoms with E-state index in [1.54, 1.807) is 6.92 Å². The molecule has 13 heavy (non-hydrogen) atoms. The minimum absolute atomic E-state index is 0.0278. The zero-order valence-corrected chi connectivity index (χ0v) is 7.36. The van der Waals surface area contributed by atoms with Crippen molar-refractivity contribution in [2.45, 2.75) is 6.92 Å². The highest BCUT2D eigenvalue weighted by Crippen LogP contribution is 1.86. The highest BCUT2D eigenvalue weighted by atomic mass is 16.4. The van der Waals surface area contributed by atoms with Gasteiger partial charge in [-0.3, -0.25) is 0 Å². The van der Waals surface area contributed by atoms with Crippen molar-refractivity contribution in [2.75, 3.05) is 0 Å². The molecular formula is C9H12O4. The number of carboxylic acid groups (broad SMARTS) is 2. The summed E-state index contributed by atoms with van der Waals surface area (Å²) < 4.78 is 0. The van der Waals surface area contributed by atoms with Gasteiger partial charge >= 0.3 is 11.9 Å². The van der Waals surface area contributed by atoms with E-state index in [0.29, 0.717) is 0 Å². The molecule has 0 radical (unpaired) electrons. The van der Waals surface area contributed by atoms with E-state index in [0.717, 1.165) is 6.08 Å². The summed E-state index contributed by atoms with van der Waals surface area (Å²) in [5.41, 5.74) is 0.0278. The average Bonchev–Trinajstić information content (AvgIpc) is 2.03. The van der Waals surface area contributed by atoms with Crippen LogP contribution in [0.15, 0.2) is 37.0 Å². The molecular weight excluding hydrogens is 172 g/mol. The molecule has 0 aliphatic rings. The number of hydrogen-bond donors (Lipinski definition) is 2. The van der Waals surface area contributed by atoms with E-state index in [2.05, 4.69) is 13.2 Å².